The summed E-state index contributed by atoms with van der Waals surface area (Å²) in [5, 5.41) is 13.6. The van der Waals surface area contributed by atoms with E-state index in [1.807, 2.05) is 21.1 Å². The van der Waals surface area contributed by atoms with E-state index in [1.165, 1.54) is 6.33 Å². The summed E-state index contributed by atoms with van der Waals surface area (Å²) < 4.78 is 1.69. The first kappa shape index (κ1) is 11.1. The van der Waals surface area contributed by atoms with Crippen molar-refractivity contribution in [3.63, 3.8) is 0 Å². The SMILES string of the molecule is CN(C)CCC(O)Cc1ncnn1C. The molecule has 0 radical (unpaired) electrons. The Hall–Kier alpha value is -0.940. The van der Waals surface area contributed by atoms with Gasteiger partial charge in [0, 0.05) is 13.5 Å². The number of nitrogens with zero attached hydrogens (tertiary/aromatic N) is 4. The highest BCUT2D eigenvalue weighted by atomic mass is 16.3. The monoisotopic (exact) mass is 198 g/mol. The molecule has 0 fully saturated rings. The van der Waals surface area contributed by atoms with Gasteiger partial charge in [0.1, 0.15) is 12.2 Å². The average molecular weight is 198 g/mol. The van der Waals surface area contributed by atoms with Crippen molar-refractivity contribution in [1.82, 2.24) is 19.7 Å². The molecule has 0 spiro atoms. The third-order valence-electron chi connectivity index (χ3n) is 2.13. The molecule has 1 heterocycles. The van der Waals surface area contributed by atoms with E-state index in [0.717, 1.165) is 18.8 Å². The normalized spacial score (nSPS) is 13.5. The summed E-state index contributed by atoms with van der Waals surface area (Å²) in [6.45, 7) is 0.888. The maximum absolute atomic E-state index is 9.69. The zero-order valence-electron chi connectivity index (χ0n) is 9.01. The van der Waals surface area contributed by atoms with Gasteiger partial charge in [0.15, 0.2) is 0 Å². The summed E-state index contributed by atoms with van der Waals surface area (Å²) >= 11 is 0. The molecule has 0 bridgehead atoms. The summed E-state index contributed by atoms with van der Waals surface area (Å²) in [5.74, 6) is 0.830. The van der Waals surface area contributed by atoms with Crippen molar-refractivity contribution in [2.24, 2.45) is 7.05 Å². The molecule has 1 aromatic heterocycles. The van der Waals surface area contributed by atoms with Crippen LogP contribution in [0, 0.1) is 0 Å². The van der Waals surface area contributed by atoms with Crippen LogP contribution in [0.2, 0.25) is 0 Å². The molecule has 0 aromatic carbocycles. The number of hydrogen-bond donors (Lipinski definition) is 1. The minimum atomic E-state index is -0.333. The van der Waals surface area contributed by atoms with Crippen molar-refractivity contribution >= 4 is 0 Å². The summed E-state index contributed by atoms with van der Waals surface area (Å²) in [5.41, 5.74) is 0. The van der Waals surface area contributed by atoms with Crippen LogP contribution in [-0.4, -0.2) is 51.5 Å². The summed E-state index contributed by atoms with van der Waals surface area (Å²) in [6, 6.07) is 0. The van der Waals surface area contributed by atoms with E-state index in [4.69, 9.17) is 0 Å². The van der Waals surface area contributed by atoms with Crippen molar-refractivity contribution in [2.45, 2.75) is 18.9 Å². The summed E-state index contributed by atoms with van der Waals surface area (Å²) in [7, 11) is 5.82. The second kappa shape index (κ2) is 5.07. The third kappa shape index (κ3) is 3.43. The minimum Gasteiger partial charge on any atom is -0.393 e. The van der Waals surface area contributed by atoms with Crippen molar-refractivity contribution < 1.29 is 5.11 Å². The Bertz CT molecular complexity index is 272. The largest absolute Gasteiger partial charge is 0.393 e. The van der Waals surface area contributed by atoms with E-state index >= 15 is 0 Å². The van der Waals surface area contributed by atoms with Gasteiger partial charge < -0.3 is 10.0 Å². The van der Waals surface area contributed by atoms with Gasteiger partial charge in [-0.2, -0.15) is 5.10 Å². The lowest BCUT2D eigenvalue weighted by Crippen LogP contribution is -2.22. The molecule has 0 saturated heterocycles. The second-order valence-electron chi connectivity index (χ2n) is 3.75. The maximum Gasteiger partial charge on any atom is 0.138 e. The zero-order chi connectivity index (χ0) is 10.6. The number of rotatable bonds is 5. The lowest BCUT2D eigenvalue weighted by atomic mass is 10.2. The molecule has 1 aromatic rings. The molecular weight excluding hydrogens is 180 g/mol. The predicted molar refractivity (Wildman–Crippen MR) is 53.9 cm³/mol. The van der Waals surface area contributed by atoms with Gasteiger partial charge in [0.05, 0.1) is 6.10 Å². The van der Waals surface area contributed by atoms with Gasteiger partial charge in [-0.15, -0.1) is 0 Å². The molecule has 5 heteroatoms. The van der Waals surface area contributed by atoms with Crippen LogP contribution in [0.4, 0.5) is 0 Å². The Balaban J connectivity index is 2.34. The molecule has 1 atom stereocenters. The Morgan fingerprint density at radius 2 is 2.29 bits per heavy atom. The van der Waals surface area contributed by atoms with Gasteiger partial charge in [-0.05, 0) is 27.1 Å². The average Bonchev–Trinajstić information content (AvgIpc) is 2.49. The number of aryl methyl sites for hydroxylation is 1. The van der Waals surface area contributed by atoms with Crippen LogP contribution >= 0.6 is 0 Å². The van der Waals surface area contributed by atoms with Gasteiger partial charge in [0.25, 0.3) is 0 Å². The van der Waals surface area contributed by atoms with Crippen LogP contribution in [0.5, 0.6) is 0 Å². The van der Waals surface area contributed by atoms with Crippen LogP contribution < -0.4 is 0 Å². The first-order chi connectivity index (χ1) is 6.59. The first-order valence-corrected chi connectivity index (χ1v) is 4.75. The topological polar surface area (TPSA) is 54.2 Å². The lowest BCUT2D eigenvalue weighted by molar-refractivity contribution is 0.149. The molecule has 5 nitrogen and oxygen atoms in total. The fraction of sp³-hybridized carbons (Fsp3) is 0.778. The van der Waals surface area contributed by atoms with E-state index in [-0.39, 0.29) is 6.10 Å². The van der Waals surface area contributed by atoms with Crippen LogP contribution in [0.1, 0.15) is 12.2 Å². The van der Waals surface area contributed by atoms with E-state index in [2.05, 4.69) is 15.0 Å². The highest BCUT2D eigenvalue weighted by Crippen LogP contribution is 2.01. The summed E-state index contributed by atoms with van der Waals surface area (Å²) in [4.78, 5) is 6.12. The zero-order valence-corrected chi connectivity index (χ0v) is 9.01. The predicted octanol–water partition coefficient (Wildman–Crippen LogP) is -0.330. The molecular formula is C9H18N4O. The minimum absolute atomic E-state index is 0.333. The molecule has 0 amide bonds. The third-order valence-corrected chi connectivity index (χ3v) is 2.13. The lowest BCUT2D eigenvalue weighted by Gasteiger charge is -2.13. The van der Waals surface area contributed by atoms with E-state index in [0.29, 0.717) is 6.42 Å². The van der Waals surface area contributed by atoms with E-state index in [1.54, 1.807) is 4.68 Å². The first-order valence-electron chi connectivity index (χ1n) is 4.75. The highest BCUT2D eigenvalue weighted by molar-refractivity contribution is 4.86. The van der Waals surface area contributed by atoms with E-state index in [9.17, 15) is 5.11 Å². The molecule has 0 saturated carbocycles. The fourth-order valence-corrected chi connectivity index (χ4v) is 1.22. The Labute approximate surface area is 84.4 Å². The van der Waals surface area contributed by atoms with Crippen LogP contribution in [-0.2, 0) is 13.5 Å². The van der Waals surface area contributed by atoms with Crippen LogP contribution in [0.25, 0.3) is 0 Å². The molecule has 14 heavy (non-hydrogen) atoms. The van der Waals surface area contributed by atoms with Crippen LogP contribution in [0.3, 0.4) is 0 Å². The molecule has 1 rings (SSSR count). The Kier molecular flexibility index (Phi) is 4.03. The quantitative estimate of drug-likeness (QED) is 0.704. The smallest absolute Gasteiger partial charge is 0.138 e. The molecule has 1 unspecified atom stereocenters. The van der Waals surface area contributed by atoms with Gasteiger partial charge >= 0.3 is 0 Å². The van der Waals surface area contributed by atoms with Crippen molar-refractivity contribution in [3.05, 3.63) is 12.2 Å². The van der Waals surface area contributed by atoms with Gasteiger partial charge in [-0.1, -0.05) is 0 Å². The molecule has 0 aliphatic carbocycles. The van der Waals surface area contributed by atoms with Crippen molar-refractivity contribution in [1.29, 1.82) is 0 Å². The van der Waals surface area contributed by atoms with E-state index < -0.39 is 0 Å². The molecule has 1 N–H and O–H groups in total. The fourth-order valence-electron chi connectivity index (χ4n) is 1.22. The highest BCUT2D eigenvalue weighted by Gasteiger charge is 2.09. The molecule has 80 valence electrons. The number of aliphatic hydroxyl groups excluding tert-OH is 1. The number of hydrogen-bond acceptors (Lipinski definition) is 4. The second-order valence-corrected chi connectivity index (χ2v) is 3.75. The van der Waals surface area contributed by atoms with Crippen LogP contribution in [0.15, 0.2) is 6.33 Å². The van der Waals surface area contributed by atoms with Gasteiger partial charge in [-0.3, -0.25) is 4.68 Å². The van der Waals surface area contributed by atoms with Gasteiger partial charge in [-0.25, -0.2) is 4.98 Å². The maximum atomic E-state index is 9.69. The Morgan fingerprint density at radius 3 is 2.79 bits per heavy atom. The number of aromatic nitrogens is 3. The van der Waals surface area contributed by atoms with Crippen molar-refractivity contribution in [3.8, 4) is 0 Å². The molecule has 0 aliphatic rings. The summed E-state index contributed by atoms with van der Waals surface area (Å²) in [6.07, 6.45) is 2.51. The number of aliphatic hydroxyl groups is 1. The van der Waals surface area contributed by atoms with Gasteiger partial charge in [0.2, 0.25) is 0 Å². The standard InChI is InChI=1S/C9H18N4O/c1-12(2)5-4-8(14)6-9-10-7-11-13(9)3/h7-8,14H,4-6H2,1-3H3. The molecule has 0 aliphatic heterocycles. The Morgan fingerprint density at radius 1 is 1.57 bits per heavy atom. The van der Waals surface area contributed by atoms with Crippen molar-refractivity contribution in [2.75, 3.05) is 20.6 Å².